The van der Waals surface area contributed by atoms with E-state index in [2.05, 4.69) is 5.32 Å². The Labute approximate surface area is 132 Å². The quantitative estimate of drug-likeness (QED) is 0.506. The molecule has 1 amide bonds. The van der Waals surface area contributed by atoms with Crippen molar-refractivity contribution in [3.8, 4) is 0 Å². The minimum absolute atomic E-state index is 0.0593. The van der Waals surface area contributed by atoms with Crippen molar-refractivity contribution in [1.29, 1.82) is 0 Å². The van der Waals surface area contributed by atoms with Crippen molar-refractivity contribution >= 4 is 23.3 Å². The van der Waals surface area contributed by atoms with Crippen LogP contribution < -0.4 is 10.4 Å². The molecule has 2 bridgehead atoms. The molecule has 0 spiro atoms. The average molecular weight is 315 g/mol. The first kappa shape index (κ1) is 15.2. The highest BCUT2D eigenvalue weighted by Gasteiger charge is 2.48. The number of carbonyl (C=O) groups excluding carboxylic acids is 2. The first-order valence-corrected chi connectivity index (χ1v) is 7.33. The van der Waals surface area contributed by atoms with E-state index in [0.29, 0.717) is 17.7 Å². The second-order valence-electron chi connectivity index (χ2n) is 6.06. The third kappa shape index (κ3) is 2.58. The second kappa shape index (κ2) is 5.49. The number of aliphatic carboxylic acids is 1. The monoisotopic (exact) mass is 315 g/mol. The Balaban J connectivity index is 1.81. The Morgan fingerprint density at radius 1 is 1.22 bits per heavy atom. The number of hydrogen-bond donors (Lipinski definition) is 1. The van der Waals surface area contributed by atoms with Gasteiger partial charge in [-0.2, -0.15) is 0 Å². The molecular weight excluding hydrogens is 300 g/mol. The molecule has 1 aromatic rings. The smallest absolute Gasteiger partial charge is 0.269 e. The molecule has 1 aromatic carbocycles. The van der Waals surface area contributed by atoms with E-state index in [1.165, 1.54) is 18.2 Å². The Morgan fingerprint density at radius 3 is 2.43 bits per heavy atom. The van der Waals surface area contributed by atoms with Crippen molar-refractivity contribution in [1.82, 2.24) is 0 Å². The van der Waals surface area contributed by atoms with Gasteiger partial charge < -0.3 is 15.2 Å². The molecule has 0 aromatic heterocycles. The SMILES string of the molecule is Cc1cc([N+](=O)[O-])ccc1NC(=O)[C@H]1[C@@H](C(=O)[O-])[C@H]2C=C[C@H]1C2. The van der Waals surface area contributed by atoms with Crippen LogP contribution in [0.4, 0.5) is 11.4 Å². The second-order valence-corrected chi connectivity index (χ2v) is 6.06. The molecule has 0 aliphatic heterocycles. The van der Waals surface area contributed by atoms with Crippen molar-refractivity contribution < 1.29 is 19.6 Å². The molecule has 1 saturated carbocycles. The summed E-state index contributed by atoms with van der Waals surface area (Å²) in [6.45, 7) is 1.65. The lowest BCUT2D eigenvalue weighted by atomic mass is 9.82. The fourth-order valence-electron chi connectivity index (χ4n) is 3.62. The Kier molecular flexibility index (Phi) is 3.63. The molecule has 7 heteroatoms. The number of carbonyl (C=O) groups is 2. The van der Waals surface area contributed by atoms with E-state index in [9.17, 15) is 24.8 Å². The van der Waals surface area contributed by atoms with Crippen LogP contribution >= 0.6 is 0 Å². The molecular formula is C16H15N2O5-. The number of carboxylic acids is 1. The third-order valence-electron chi connectivity index (χ3n) is 4.71. The number of nitrogens with zero attached hydrogens (tertiary/aromatic N) is 1. The number of aryl methyl sites for hydroxylation is 1. The molecule has 0 unspecified atom stereocenters. The van der Waals surface area contributed by atoms with E-state index < -0.39 is 22.7 Å². The van der Waals surface area contributed by atoms with Crippen molar-refractivity contribution in [2.45, 2.75) is 13.3 Å². The van der Waals surface area contributed by atoms with Crippen LogP contribution in [0.1, 0.15) is 12.0 Å². The van der Waals surface area contributed by atoms with E-state index >= 15 is 0 Å². The van der Waals surface area contributed by atoms with Crippen LogP contribution in [0.3, 0.4) is 0 Å². The predicted octanol–water partition coefficient (Wildman–Crippen LogP) is 1.03. The largest absolute Gasteiger partial charge is 0.550 e. The van der Waals surface area contributed by atoms with Crippen LogP contribution in [0.15, 0.2) is 30.4 Å². The van der Waals surface area contributed by atoms with Gasteiger partial charge in [0.1, 0.15) is 0 Å². The molecule has 7 nitrogen and oxygen atoms in total. The molecule has 120 valence electrons. The number of nitrogens with one attached hydrogen (secondary N) is 1. The number of hydrogen-bond acceptors (Lipinski definition) is 5. The van der Waals surface area contributed by atoms with Gasteiger partial charge in [-0.25, -0.2) is 0 Å². The van der Waals surface area contributed by atoms with E-state index in [1.54, 1.807) is 6.92 Å². The maximum atomic E-state index is 12.5. The maximum absolute atomic E-state index is 12.5. The van der Waals surface area contributed by atoms with Gasteiger partial charge in [-0.3, -0.25) is 14.9 Å². The lowest BCUT2D eigenvalue weighted by molar-refractivity contribution is -0.384. The molecule has 0 radical (unpaired) electrons. The standard InChI is InChI=1S/C16H16N2O5/c1-8-6-11(18(22)23)4-5-12(8)17-15(19)13-9-2-3-10(7-9)14(13)16(20)21/h2-6,9-10,13-14H,7H2,1H3,(H,17,19)(H,20,21)/p-1/t9-,10-,13+,14-/m0/s1. The van der Waals surface area contributed by atoms with E-state index in [4.69, 9.17) is 0 Å². The summed E-state index contributed by atoms with van der Waals surface area (Å²) < 4.78 is 0. The fourth-order valence-corrected chi connectivity index (χ4v) is 3.62. The van der Waals surface area contributed by atoms with Crippen molar-refractivity contribution in [2.24, 2.45) is 23.7 Å². The summed E-state index contributed by atoms with van der Waals surface area (Å²) in [6.07, 6.45) is 4.37. The minimum atomic E-state index is -1.21. The van der Waals surface area contributed by atoms with Gasteiger partial charge in [-0.15, -0.1) is 0 Å². The van der Waals surface area contributed by atoms with Crippen LogP contribution in [0.2, 0.25) is 0 Å². The normalized spacial score (nSPS) is 27.9. The number of allylic oxidation sites excluding steroid dienone is 2. The number of nitro benzene ring substituents is 1. The summed E-state index contributed by atoms with van der Waals surface area (Å²) in [5.74, 6) is -3.32. The number of nitro groups is 1. The summed E-state index contributed by atoms with van der Waals surface area (Å²) >= 11 is 0. The lowest BCUT2D eigenvalue weighted by Gasteiger charge is -2.28. The summed E-state index contributed by atoms with van der Waals surface area (Å²) in [4.78, 5) is 34.1. The first-order valence-electron chi connectivity index (χ1n) is 7.33. The number of fused-ring (bicyclic) bond motifs is 2. The number of non-ortho nitro benzene ring substituents is 1. The zero-order chi connectivity index (χ0) is 16.7. The van der Waals surface area contributed by atoms with Crippen LogP contribution in [0.25, 0.3) is 0 Å². The summed E-state index contributed by atoms with van der Waals surface area (Å²) in [6, 6.07) is 4.13. The zero-order valence-corrected chi connectivity index (χ0v) is 12.4. The molecule has 4 atom stereocenters. The van der Waals surface area contributed by atoms with Gasteiger partial charge in [-0.1, -0.05) is 12.2 Å². The fraction of sp³-hybridized carbons (Fsp3) is 0.375. The highest BCUT2D eigenvalue weighted by Crippen LogP contribution is 2.48. The average Bonchev–Trinajstić information content (AvgIpc) is 3.09. The van der Waals surface area contributed by atoms with Gasteiger partial charge >= 0.3 is 0 Å². The van der Waals surface area contributed by atoms with Gasteiger partial charge in [0.25, 0.3) is 5.69 Å². The van der Waals surface area contributed by atoms with Gasteiger partial charge in [0, 0.05) is 29.7 Å². The molecule has 1 fully saturated rings. The maximum Gasteiger partial charge on any atom is 0.269 e. The summed E-state index contributed by atoms with van der Waals surface area (Å²) in [7, 11) is 0. The zero-order valence-electron chi connectivity index (χ0n) is 12.4. The number of carboxylic acid groups (broad SMARTS) is 1. The van der Waals surface area contributed by atoms with E-state index in [0.717, 1.165) is 0 Å². The van der Waals surface area contributed by atoms with Gasteiger partial charge in [-0.05, 0) is 36.8 Å². The van der Waals surface area contributed by atoms with Crippen LogP contribution in [0, 0.1) is 40.7 Å². The number of rotatable bonds is 4. The van der Waals surface area contributed by atoms with Crippen molar-refractivity contribution in [2.75, 3.05) is 5.32 Å². The molecule has 1 N–H and O–H groups in total. The van der Waals surface area contributed by atoms with E-state index in [1.807, 2.05) is 12.2 Å². The van der Waals surface area contributed by atoms with Crippen molar-refractivity contribution in [3.05, 3.63) is 46.0 Å². The lowest BCUT2D eigenvalue weighted by Crippen LogP contribution is -2.42. The molecule has 2 aliphatic rings. The van der Waals surface area contributed by atoms with Crippen LogP contribution in [0.5, 0.6) is 0 Å². The van der Waals surface area contributed by atoms with Crippen molar-refractivity contribution in [3.63, 3.8) is 0 Å². The number of amides is 1. The van der Waals surface area contributed by atoms with E-state index in [-0.39, 0.29) is 23.4 Å². The highest BCUT2D eigenvalue weighted by atomic mass is 16.6. The van der Waals surface area contributed by atoms with Crippen LogP contribution in [-0.2, 0) is 9.59 Å². The summed E-state index contributed by atoms with van der Waals surface area (Å²) in [5, 5.41) is 24.8. The molecule has 3 rings (SSSR count). The molecule has 0 heterocycles. The minimum Gasteiger partial charge on any atom is -0.550 e. The van der Waals surface area contributed by atoms with Crippen LogP contribution in [-0.4, -0.2) is 16.8 Å². The predicted molar refractivity (Wildman–Crippen MR) is 79.2 cm³/mol. The molecule has 2 aliphatic carbocycles. The molecule has 23 heavy (non-hydrogen) atoms. The third-order valence-corrected chi connectivity index (χ3v) is 4.71. The van der Waals surface area contributed by atoms with Gasteiger partial charge in [0.2, 0.25) is 5.91 Å². The molecule has 0 saturated heterocycles. The highest BCUT2D eigenvalue weighted by molar-refractivity contribution is 5.96. The Morgan fingerprint density at radius 2 is 1.87 bits per heavy atom. The summed E-state index contributed by atoms with van der Waals surface area (Å²) in [5.41, 5.74) is 0.941. The van der Waals surface area contributed by atoms with Gasteiger partial charge in [0.05, 0.1) is 10.8 Å². The van der Waals surface area contributed by atoms with Gasteiger partial charge in [0.15, 0.2) is 0 Å². The Hall–Kier alpha value is -2.70. The Bertz CT molecular complexity index is 727. The number of benzene rings is 1. The topological polar surface area (TPSA) is 112 Å². The number of anilines is 1. The first-order chi connectivity index (χ1) is 10.9.